The first-order valence-electron chi connectivity index (χ1n) is 5.18. The summed E-state index contributed by atoms with van der Waals surface area (Å²) in [7, 11) is 0. The Kier molecular flexibility index (Phi) is 3.38. The highest BCUT2D eigenvalue weighted by atomic mass is 32.1. The van der Waals surface area contributed by atoms with Crippen LogP contribution in [0.1, 0.15) is 15.9 Å². The second-order valence-corrected chi connectivity index (χ2v) is 4.58. The van der Waals surface area contributed by atoms with Gasteiger partial charge in [-0.15, -0.1) is 11.3 Å². The minimum Gasteiger partial charge on any atom is -0.313 e. The molecule has 0 unspecified atom stereocenters. The number of anilines is 1. The standard InChI is InChI=1S/C12H10N2O3S/c1-8-6-7-18-12(8)13-11(15)9-4-2-3-5-10(9)14(16)17/h2-7H,1H3,(H,13,15). The summed E-state index contributed by atoms with van der Waals surface area (Å²) in [6.07, 6.45) is 0. The highest BCUT2D eigenvalue weighted by Gasteiger charge is 2.19. The van der Waals surface area contributed by atoms with Crippen LogP contribution in [0.4, 0.5) is 10.7 Å². The van der Waals surface area contributed by atoms with Crippen LogP contribution in [0.3, 0.4) is 0 Å². The van der Waals surface area contributed by atoms with Crippen LogP contribution >= 0.6 is 11.3 Å². The Hall–Kier alpha value is -2.21. The van der Waals surface area contributed by atoms with E-state index < -0.39 is 10.8 Å². The van der Waals surface area contributed by atoms with Crippen molar-refractivity contribution in [3.8, 4) is 0 Å². The number of rotatable bonds is 3. The van der Waals surface area contributed by atoms with E-state index in [2.05, 4.69) is 5.32 Å². The summed E-state index contributed by atoms with van der Waals surface area (Å²) in [5, 5.41) is 16.1. The van der Waals surface area contributed by atoms with E-state index >= 15 is 0 Å². The normalized spacial score (nSPS) is 10.1. The fourth-order valence-electron chi connectivity index (χ4n) is 1.50. The molecule has 1 amide bonds. The number of para-hydroxylation sites is 1. The first-order valence-corrected chi connectivity index (χ1v) is 6.06. The molecule has 2 aromatic rings. The van der Waals surface area contributed by atoms with Crippen molar-refractivity contribution in [2.24, 2.45) is 0 Å². The van der Waals surface area contributed by atoms with Crippen LogP contribution in [0.5, 0.6) is 0 Å². The predicted octanol–water partition coefficient (Wildman–Crippen LogP) is 3.22. The number of nitrogens with zero attached hydrogens (tertiary/aromatic N) is 1. The average molecular weight is 262 g/mol. The van der Waals surface area contributed by atoms with Crippen molar-refractivity contribution in [3.05, 3.63) is 57.0 Å². The SMILES string of the molecule is Cc1ccsc1NC(=O)c1ccccc1[N+](=O)[O-]. The molecule has 5 nitrogen and oxygen atoms in total. The molecule has 0 radical (unpaired) electrons. The van der Waals surface area contributed by atoms with E-state index in [0.717, 1.165) is 5.56 Å². The van der Waals surface area contributed by atoms with E-state index in [-0.39, 0.29) is 11.3 Å². The second-order valence-electron chi connectivity index (χ2n) is 3.66. The van der Waals surface area contributed by atoms with E-state index in [9.17, 15) is 14.9 Å². The van der Waals surface area contributed by atoms with Gasteiger partial charge in [-0.05, 0) is 30.0 Å². The molecule has 0 aliphatic rings. The number of nitrogens with one attached hydrogen (secondary N) is 1. The van der Waals surface area contributed by atoms with Gasteiger partial charge in [-0.25, -0.2) is 0 Å². The molecule has 1 aromatic carbocycles. The lowest BCUT2D eigenvalue weighted by Crippen LogP contribution is -2.13. The summed E-state index contributed by atoms with van der Waals surface area (Å²) in [5.41, 5.74) is 0.812. The lowest BCUT2D eigenvalue weighted by Gasteiger charge is -2.04. The van der Waals surface area contributed by atoms with Gasteiger partial charge in [0.05, 0.1) is 9.92 Å². The smallest absolute Gasteiger partial charge is 0.282 e. The molecule has 0 fully saturated rings. The fraction of sp³-hybridized carbons (Fsp3) is 0.0833. The van der Waals surface area contributed by atoms with Crippen molar-refractivity contribution in [1.82, 2.24) is 0 Å². The number of amides is 1. The maximum absolute atomic E-state index is 12.0. The zero-order chi connectivity index (χ0) is 13.1. The lowest BCUT2D eigenvalue weighted by atomic mass is 10.1. The first kappa shape index (κ1) is 12.3. The van der Waals surface area contributed by atoms with Crippen molar-refractivity contribution < 1.29 is 9.72 Å². The Balaban J connectivity index is 2.30. The number of hydrogen-bond donors (Lipinski definition) is 1. The van der Waals surface area contributed by atoms with Crippen LogP contribution in [0.15, 0.2) is 35.7 Å². The second kappa shape index (κ2) is 4.97. The molecule has 0 saturated carbocycles. The lowest BCUT2D eigenvalue weighted by molar-refractivity contribution is -0.385. The number of benzene rings is 1. The average Bonchev–Trinajstić information content (AvgIpc) is 2.75. The van der Waals surface area contributed by atoms with Crippen molar-refractivity contribution in [3.63, 3.8) is 0 Å². The van der Waals surface area contributed by atoms with Crippen LogP contribution < -0.4 is 5.32 Å². The van der Waals surface area contributed by atoms with Crippen LogP contribution in [-0.2, 0) is 0 Å². The van der Waals surface area contributed by atoms with E-state index in [4.69, 9.17) is 0 Å². The van der Waals surface area contributed by atoms with Crippen molar-refractivity contribution in [2.45, 2.75) is 6.92 Å². The molecule has 18 heavy (non-hydrogen) atoms. The van der Waals surface area contributed by atoms with Crippen LogP contribution in [-0.4, -0.2) is 10.8 Å². The number of carbonyl (C=O) groups is 1. The van der Waals surface area contributed by atoms with Crippen molar-refractivity contribution >= 4 is 27.9 Å². The fourth-order valence-corrected chi connectivity index (χ4v) is 2.31. The molecule has 1 aromatic heterocycles. The summed E-state index contributed by atoms with van der Waals surface area (Å²) in [4.78, 5) is 22.2. The van der Waals surface area contributed by atoms with Gasteiger partial charge < -0.3 is 5.32 Å². The van der Waals surface area contributed by atoms with Gasteiger partial charge in [0.15, 0.2) is 0 Å². The molecule has 1 N–H and O–H groups in total. The Bertz CT molecular complexity index is 607. The molecule has 0 saturated heterocycles. The predicted molar refractivity (Wildman–Crippen MR) is 70.1 cm³/mol. The summed E-state index contributed by atoms with van der Waals surface area (Å²) < 4.78 is 0. The third-order valence-electron chi connectivity index (χ3n) is 2.43. The number of aryl methyl sites for hydroxylation is 1. The molecular formula is C12H10N2O3S. The Morgan fingerprint density at radius 3 is 2.67 bits per heavy atom. The molecule has 2 rings (SSSR count). The molecule has 0 atom stereocenters. The first-order chi connectivity index (χ1) is 8.59. The van der Waals surface area contributed by atoms with Gasteiger partial charge in [0.2, 0.25) is 0 Å². The number of nitro benzene ring substituents is 1. The summed E-state index contributed by atoms with van der Waals surface area (Å²) in [6.45, 7) is 1.87. The number of thiophene rings is 1. The molecular weight excluding hydrogens is 252 g/mol. The van der Waals surface area contributed by atoms with Crippen LogP contribution in [0.25, 0.3) is 0 Å². The maximum Gasteiger partial charge on any atom is 0.282 e. The highest BCUT2D eigenvalue weighted by molar-refractivity contribution is 7.14. The Labute approximate surface area is 107 Å². The van der Waals surface area contributed by atoms with Gasteiger partial charge in [0, 0.05) is 6.07 Å². The number of carbonyl (C=O) groups excluding carboxylic acids is 1. The van der Waals surface area contributed by atoms with Gasteiger partial charge in [-0.1, -0.05) is 12.1 Å². The van der Waals surface area contributed by atoms with Gasteiger partial charge in [-0.3, -0.25) is 14.9 Å². The molecule has 6 heteroatoms. The van der Waals surface area contributed by atoms with Gasteiger partial charge >= 0.3 is 0 Å². The molecule has 1 heterocycles. The van der Waals surface area contributed by atoms with Crippen molar-refractivity contribution in [1.29, 1.82) is 0 Å². The van der Waals surface area contributed by atoms with Crippen molar-refractivity contribution in [2.75, 3.05) is 5.32 Å². The monoisotopic (exact) mass is 262 g/mol. The van der Waals surface area contributed by atoms with Gasteiger partial charge in [-0.2, -0.15) is 0 Å². The number of hydrogen-bond acceptors (Lipinski definition) is 4. The summed E-state index contributed by atoms with van der Waals surface area (Å²) in [6, 6.07) is 7.76. The Morgan fingerprint density at radius 1 is 1.33 bits per heavy atom. The molecule has 0 aliphatic heterocycles. The Morgan fingerprint density at radius 2 is 2.06 bits per heavy atom. The van der Waals surface area contributed by atoms with E-state index in [1.54, 1.807) is 6.07 Å². The summed E-state index contributed by atoms with van der Waals surface area (Å²) >= 11 is 1.38. The zero-order valence-electron chi connectivity index (χ0n) is 9.54. The third-order valence-corrected chi connectivity index (χ3v) is 3.37. The summed E-state index contributed by atoms with van der Waals surface area (Å²) in [5.74, 6) is -0.465. The molecule has 0 bridgehead atoms. The van der Waals surface area contributed by atoms with Crippen LogP contribution in [0, 0.1) is 17.0 Å². The van der Waals surface area contributed by atoms with E-state index in [0.29, 0.717) is 5.00 Å². The minimum absolute atomic E-state index is 0.0651. The largest absolute Gasteiger partial charge is 0.313 e. The minimum atomic E-state index is -0.559. The maximum atomic E-state index is 12.0. The van der Waals surface area contributed by atoms with Gasteiger partial charge in [0.1, 0.15) is 5.56 Å². The molecule has 0 spiro atoms. The quantitative estimate of drug-likeness (QED) is 0.681. The topological polar surface area (TPSA) is 72.2 Å². The van der Waals surface area contributed by atoms with Crippen LogP contribution in [0.2, 0.25) is 0 Å². The highest BCUT2D eigenvalue weighted by Crippen LogP contribution is 2.24. The number of nitro groups is 1. The van der Waals surface area contributed by atoms with E-state index in [1.807, 2.05) is 18.4 Å². The zero-order valence-corrected chi connectivity index (χ0v) is 10.4. The van der Waals surface area contributed by atoms with E-state index in [1.165, 1.54) is 29.5 Å². The molecule has 0 aliphatic carbocycles. The molecule has 92 valence electrons. The third kappa shape index (κ3) is 2.38. The van der Waals surface area contributed by atoms with Gasteiger partial charge in [0.25, 0.3) is 11.6 Å².